The molecule has 20 heavy (non-hydrogen) atoms. The minimum atomic E-state index is -0.454. The fourth-order valence-corrected chi connectivity index (χ4v) is 2.10. The van der Waals surface area contributed by atoms with Crippen molar-refractivity contribution < 1.29 is 9.72 Å². The summed E-state index contributed by atoms with van der Waals surface area (Å²) >= 11 is 0. The molecule has 0 radical (unpaired) electrons. The van der Waals surface area contributed by atoms with Crippen LogP contribution in [0.1, 0.15) is 30.6 Å². The Hall–Kier alpha value is -2.11. The number of rotatable bonds is 4. The van der Waals surface area contributed by atoms with Gasteiger partial charge in [0.1, 0.15) is 5.69 Å². The lowest BCUT2D eigenvalue weighted by atomic mass is 10.1. The molecule has 2 rings (SSSR count). The van der Waals surface area contributed by atoms with E-state index in [2.05, 4.69) is 19.2 Å². The smallest absolute Gasteiger partial charge is 0.293 e. The second-order valence-electron chi connectivity index (χ2n) is 6.08. The molecule has 0 heterocycles. The van der Waals surface area contributed by atoms with Crippen molar-refractivity contribution in [3.8, 4) is 0 Å². The van der Waals surface area contributed by atoms with Gasteiger partial charge in [0.25, 0.3) is 11.6 Å². The number of nitrogens with zero attached hydrogens (tertiary/aromatic N) is 2. The van der Waals surface area contributed by atoms with E-state index in [9.17, 15) is 14.9 Å². The van der Waals surface area contributed by atoms with E-state index < -0.39 is 4.92 Å². The molecule has 0 aromatic heterocycles. The monoisotopic (exact) mass is 277 g/mol. The Morgan fingerprint density at radius 1 is 1.45 bits per heavy atom. The number of nitrogens with one attached hydrogen (secondary N) is 1. The average Bonchev–Trinajstić information content (AvgIpc) is 2.95. The Morgan fingerprint density at radius 3 is 2.50 bits per heavy atom. The summed E-state index contributed by atoms with van der Waals surface area (Å²) in [6, 6.07) is 4.81. The van der Waals surface area contributed by atoms with Gasteiger partial charge in [-0.1, -0.05) is 13.8 Å². The second-order valence-corrected chi connectivity index (χ2v) is 6.08. The molecule has 1 aliphatic carbocycles. The first-order valence-corrected chi connectivity index (χ1v) is 6.49. The molecular formula is C14H19N3O3. The Morgan fingerprint density at radius 2 is 2.05 bits per heavy atom. The fraction of sp³-hybridized carbons (Fsp3) is 0.500. The van der Waals surface area contributed by atoms with E-state index in [0.29, 0.717) is 11.3 Å². The molecule has 1 aliphatic rings. The van der Waals surface area contributed by atoms with Gasteiger partial charge in [-0.15, -0.1) is 0 Å². The molecule has 1 unspecified atom stereocenters. The number of carbonyl (C=O) groups excluding carboxylic acids is 1. The molecule has 1 N–H and O–H groups in total. The van der Waals surface area contributed by atoms with Gasteiger partial charge in [0, 0.05) is 31.8 Å². The average molecular weight is 277 g/mol. The molecule has 1 aromatic rings. The Bertz CT molecular complexity index is 567. The first kappa shape index (κ1) is 14.3. The molecule has 1 aromatic carbocycles. The number of nitro benzene ring substituents is 1. The van der Waals surface area contributed by atoms with E-state index in [1.54, 1.807) is 26.2 Å². The Labute approximate surface area is 117 Å². The molecule has 1 saturated carbocycles. The molecular weight excluding hydrogens is 258 g/mol. The topological polar surface area (TPSA) is 75.5 Å². The third-order valence-corrected chi connectivity index (χ3v) is 3.69. The van der Waals surface area contributed by atoms with Gasteiger partial charge >= 0.3 is 0 Å². The normalized spacial score (nSPS) is 19.3. The summed E-state index contributed by atoms with van der Waals surface area (Å²) < 4.78 is 0. The minimum Gasteiger partial charge on any atom is -0.376 e. The highest BCUT2D eigenvalue weighted by molar-refractivity contribution is 5.95. The molecule has 1 atom stereocenters. The van der Waals surface area contributed by atoms with Crippen molar-refractivity contribution in [1.82, 2.24) is 4.90 Å². The lowest BCUT2D eigenvalue weighted by Crippen LogP contribution is -2.21. The zero-order valence-electron chi connectivity index (χ0n) is 12.1. The number of nitro groups is 1. The van der Waals surface area contributed by atoms with Crippen molar-refractivity contribution in [3.05, 3.63) is 33.9 Å². The number of carbonyl (C=O) groups is 1. The van der Waals surface area contributed by atoms with E-state index >= 15 is 0 Å². The summed E-state index contributed by atoms with van der Waals surface area (Å²) in [7, 11) is 3.24. The molecule has 0 saturated heterocycles. The lowest BCUT2D eigenvalue weighted by molar-refractivity contribution is -0.384. The van der Waals surface area contributed by atoms with E-state index in [0.717, 1.165) is 6.42 Å². The van der Waals surface area contributed by atoms with Crippen LogP contribution < -0.4 is 5.32 Å². The molecule has 108 valence electrons. The molecule has 0 bridgehead atoms. The van der Waals surface area contributed by atoms with Crippen LogP contribution in [0.5, 0.6) is 0 Å². The van der Waals surface area contributed by atoms with Crippen molar-refractivity contribution in [2.75, 3.05) is 19.4 Å². The van der Waals surface area contributed by atoms with Crippen LogP contribution in [0.25, 0.3) is 0 Å². The molecule has 0 spiro atoms. The van der Waals surface area contributed by atoms with Gasteiger partial charge in [0.15, 0.2) is 0 Å². The predicted molar refractivity (Wildman–Crippen MR) is 76.9 cm³/mol. The van der Waals surface area contributed by atoms with Gasteiger partial charge in [0.05, 0.1) is 4.92 Å². The number of anilines is 1. The van der Waals surface area contributed by atoms with Crippen LogP contribution in [0.2, 0.25) is 0 Å². The minimum absolute atomic E-state index is 0.0552. The molecule has 0 aliphatic heterocycles. The lowest BCUT2D eigenvalue weighted by Gasteiger charge is -2.12. The van der Waals surface area contributed by atoms with Crippen molar-refractivity contribution in [2.45, 2.75) is 26.3 Å². The summed E-state index contributed by atoms with van der Waals surface area (Å²) in [5.41, 5.74) is 0.912. The molecule has 1 fully saturated rings. The van der Waals surface area contributed by atoms with Gasteiger partial charge in [-0.3, -0.25) is 14.9 Å². The van der Waals surface area contributed by atoms with E-state index in [4.69, 9.17) is 0 Å². The number of benzene rings is 1. The largest absolute Gasteiger partial charge is 0.376 e. The zero-order chi connectivity index (χ0) is 15.1. The highest BCUT2D eigenvalue weighted by Gasteiger charge is 2.46. The number of hydrogen-bond acceptors (Lipinski definition) is 4. The first-order chi connectivity index (χ1) is 9.22. The standard InChI is InChI=1S/C14H19N3O3/c1-14(2)8-12(14)15-10-6-5-9(13(18)16(3)4)7-11(10)17(19)20/h5-7,12,15H,8H2,1-4H3. The quantitative estimate of drug-likeness (QED) is 0.677. The highest BCUT2D eigenvalue weighted by Crippen LogP contribution is 2.47. The zero-order valence-corrected chi connectivity index (χ0v) is 12.1. The van der Waals surface area contributed by atoms with Crippen molar-refractivity contribution >= 4 is 17.3 Å². The van der Waals surface area contributed by atoms with Gasteiger partial charge in [-0.25, -0.2) is 0 Å². The molecule has 6 nitrogen and oxygen atoms in total. The summed E-state index contributed by atoms with van der Waals surface area (Å²) in [5.74, 6) is -0.244. The van der Waals surface area contributed by atoms with Crippen molar-refractivity contribution in [2.24, 2.45) is 5.41 Å². The summed E-state index contributed by atoms with van der Waals surface area (Å²) in [5, 5.41) is 14.4. The highest BCUT2D eigenvalue weighted by atomic mass is 16.6. The first-order valence-electron chi connectivity index (χ1n) is 6.49. The van der Waals surface area contributed by atoms with Gasteiger partial charge in [-0.05, 0) is 24.0 Å². The predicted octanol–water partition coefficient (Wildman–Crippen LogP) is 2.51. The summed E-state index contributed by atoms with van der Waals surface area (Å²) in [6.07, 6.45) is 0.989. The number of amides is 1. The van der Waals surface area contributed by atoms with Gasteiger partial charge < -0.3 is 10.2 Å². The van der Waals surface area contributed by atoms with Crippen LogP contribution in [0.4, 0.5) is 11.4 Å². The number of hydrogen-bond donors (Lipinski definition) is 1. The maximum atomic E-state index is 11.9. The summed E-state index contributed by atoms with van der Waals surface area (Å²) in [6.45, 7) is 4.22. The molecule has 6 heteroatoms. The third kappa shape index (κ3) is 2.74. The van der Waals surface area contributed by atoms with E-state index in [-0.39, 0.29) is 23.1 Å². The maximum absolute atomic E-state index is 11.9. The van der Waals surface area contributed by atoms with Crippen LogP contribution in [-0.2, 0) is 0 Å². The maximum Gasteiger partial charge on any atom is 0.293 e. The third-order valence-electron chi connectivity index (χ3n) is 3.69. The second kappa shape index (κ2) is 4.77. The van der Waals surface area contributed by atoms with Crippen LogP contribution in [0.3, 0.4) is 0 Å². The SMILES string of the molecule is CN(C)C(=O)c1ccc(NC2CC2(C)C)c([N+](=O)[O-])c1. The van der Waals surface area contributed by atoms with Crippen LogP contribution in [0.15, 0.2) is 18.2 Å². The van der Waals surface area contributed by atoms with E-state index in [1.165, 1.54) is 11.0 Å². The van der Waals surface area contributed by atoms with Crippen molar-refractivity contribution in [1.29, 1.82) is 0 Å². The van der Waals surface area contributed by atoms with Gasteiger partial charge in [0.2, 0.25) is 0 Å². The van der Waals surface area contributed by atoms with Crippen LogP contribution in [0, 0.1) is 15.5 Å². The van der Waals surface area contributed by atoms with Crippen molar-refractivity contribution in [3.63, 3.8) is 0 Å². The van der Waals surface area contributed by atoms with Crippen LogP contribution in [-0.4, -0.2) is 35.9 Å². The molecule has 1 amide bonds. The Balaban J connectivity index is 2.29. The van der Waals surface area contributed by atoms with Crippen LogP contribution >= 0.6 is 0 Å². The van der Waals surface area contributed by atoms with Gasteiger partial charge in [-0.2, -0.15) is 0 Å². The van der Waals surface area contributed by atoms with E-state index in [1.807, 2.05) is 0 Å². The fourth-order valence-electron chi connectivity index (χ4n) is 2.10. The Kier molecular flexibility index (Phi) is 3.41. The summed E-state index contributed by atoms with van der Waals surface area (Å²) in [4.78, 5) is 24.0.